The van der Waals surface area contributed by atoms with E-state index in [-0.39, 0.29) is 27.7 Å². The number of non-ortho nitro benzene ring substituents is 1. The summed E-state index contributed by atoms with van der Waals surface area (Å²) in [6.45, 7) is 0. The van der Waals surface area contributed by atoms with Gasteiger partial charge in [-0.2, -0.15) is 0 Å². The van der Waals surface area contributed by atoms with Crippen molar-refractivity contribution in [2.75, 3.05) is 5.32 Å². The second kappa shape index (κ2) is 5.76. The Morgan fingerprint density at radius 3 is 2.62 bits per heavy atom. The van der Waals surface area contributed by atoms with E-state index >= 15 is 0 Å². The van der Waals surface area contributed by atoms with E-state index in [0.717, 1.165) is 18.2 Å². The summed E-state index contributed by atoms with van der Waals surface area (Å²) in [6.07, 6.45) is 0. The van der Waals surface area contributed by atoms with Gasteiger partial charge in [0.1, 0.15) is 11.6 Å². The molecule has 0 unspecified atom stereocenters. The molecule has 8 heteroatoms. The monoisotopic (exact) mass is 310 g/mol. The molecule has 0 fully saturated rings. The molecule has 0 aliphatic rings. The van der Waals surface area contributed by atoms with Crippen LogP contribution in [0, 0.1) is 15.9 Å². The smallest absolute Gasteiger partial charge is 0.271 e. The van der Waals surface area contributed by atoms with Crippen molar-refractivity contribution in [2.24, 2.45) is 0 Å². The molecule has 2 aromatic carbocycles. The molecule has 0 heterocycles. The molecule has 0 aromatic heterocycles. The molecule has 21 heavy (non-hydrogen) atoms. The zero-order valence-corrected chi connectivity index (χ0v) is 11.1. The van der Waals surface area contributed by atoms with Crippen LogP contribution in [0.5, 0.6) is 5.75 Å². The normalized spacial score (nSPS) is 10.2. The molecule has 2 N–H and O–H groups in total. The predicted octanol–water partition coefficient (Wildman–Crippen LogP) is 3.35. The minimum Gasteiger partial charge on any atom is -0.508 e. The van der Waals surface area contributed by atoms with Crippen molar-refractivity contribution in [1.82, 2.24) is 0 Å². The van der Waals surface area contributed by atoms with E-state index in [0.29, 0.717) is 0 Å². The lowest BCUT2D eigenvalue weighted by Crippen LogP contribution is -2.13. The van der Waals surface area contributed by atoms with Gasteiger partial charge in [-0.15, -0.1) is 0 Å². The van der Waals surface area contributed by atoms with E-state index in [1.165, 1.54) is 18.2 Å². The number of nitrogens with zero attached hydrogens (tertiary/aromatic N) is 1. The first-order chi connectivity index (χ1) is 9.86. The zero-order chi connectivity index (χ0) is 15.6. The van der Waals surface area contributed by atoms with E-state index in [1.807, 2.05) is 0 Å². The Labute approximate surface area is 122 Å². The molecular weight excluding hydrogens is 303 g/mol. The highest BCUT2D eigenvalue weighted by atomic mass is 35.5. The fraction of sp³-hybridized carbons (Fsp3) is 0. The van der Waals surface area contributed by atoms with Gasteiger partial charge in [-0.1, -0.05) is 11.6 Å². The average molecular weight is 311 g/mol. The van der Waals surface area contributed by atoms with Gasteiger partial charge in [-0.05, 0) is 18.2 Å². The van der Waals surface area contributed by atoms with Crippen LogP contribution in [0.3, 0.4) is 0 Å². The number of rotatable bonds is 3. The molecule has 0 aliphatic heterocycles. The van der Waals surface area contributed by atoms with Crippen LogP contribution in [-0.2, 0) is 0 Å². The molecule has 0 saturated heterocycles. The third-order valence-corrected chi connectivity index (χ3v) is 2.77. The Hall–Kier alpha value is -2.67. The fourth-order valence-electron chi connectivity index (χ4n) is 1.61. The van der Waals surface area contributed by atoms with E-state index in [9.17, 15) is 19.3 Å². The number of nitro benzene ring substituents is 1. The topological polar surface area (TPSA) is 92.5 Å². The second-order valence-electron chi connectivity index (χ2n) is 4.07. The first kappa shape index (κ1) is 14.7. The van der Waals surface area contributed by atoms with Gasteiger partial charge < -0.3 is 10.4 Å². The molecule has 2 rings (SSSR count). The summed E-state index contributed by atoms with van der Waals surface area (Å²) < 4.78 is 13.5. The summed E-state index contributed by atoms with van der Waals surface area (Å²) in [6, 6.07) is 6.54. The maximum Gasteiger partial charge on any atom is 0.271 e. The van der Waals surface area contributed by atoms with Crippen molar-refractivity contribution in [3.63, 3.8) is 0 Å². The summed E-state index contributed by atoms with van der Waals surface area (Å²) in [5.74, 6) is -1.88. The van der Waals surface area contributed by atoms with E-state index in [4.69, 9.17) is 16.7 Å². The number of hydrogen-bond acceptors (Lipinski definition) is 4. The number of aromatic hydroxyl groups is 1. The largest absolute Gasteiger partial charge is 0.508 e. The van der Waals surface area contributed by atoms with Crippen molar-refractivity contribution in [1.29, 1.82) is 0 Å². The number of amides is 1. The van der Waals surface area contributed by atoms with E-state index in [1.54, 1.807) is 0 Å². The summed E-state index contributed by atoms with van der Waals surface area (Å²) in [4.78, 5) is 22.0. The summed E-state index contributed by atoms with van der Waals surface area (Å²) in [5.41, 5.74) is -0.596. The van der Waals surface area contributed by atoms with Gasteiger partial charge in [0.05, 0.1) is 10.6 Å². The maximum absolute atomic E-state index is 13.5. The molecule has 0 atom stereocenters. The molecule has 0 radical (unpaired) electrons. The van der Waals surface area contributed by atoms with Crippen LogP contribution >= 0.6 is 11.6 Å². The molecule has 108 valence electrons. The zero-order valence-electron chi connectivity index (χ0n) is 10.3. The van der Waals surface area contributed by atoms with Gasteiger partial charge in [-0.3, -0.25) is 14.9 Å². The number of halogens is 2. The van der Waals surface area contributed by atoms with Crippen molar-refractivity contribution in [3.05, 3.63) is 62.9 Å². The van der Waals surface area contributed by atoms with Crippen LogP contribution in [0.4, 0.5) is 15.8 Å². The number of nitrogens with one attached hydrogen (secondary N) is 1. The summed E-state index contributed by atoms with van der Waals surface area (Å²) in [7, 11) is 0. The van der Waals surface area contributed by atoms with Gasteiger partial charge >= 0.3 is 0 Å². The van der Waals surface area contributed by atoms with Crippen LogP contribution in [0.1, 0.15) is 10.4 Å². The lowest BCUT2D eigenvalue weighted by atomic mass is 10.2. The Morgan fingerprint density at radius 1 is 1.29 bits per heavy atom. The van der Waals surface area contributed by atoms with Crippen molar-refractivity contribution >= 4 is 28.9 Å². The van der Waals surface area contributed by atoms with Crippen molar-refractivity contribution in [2.45, 2.75) is 0 Å². The number of benzene rings is 2. The van der Waals surface area contributed by atoms with Gasteiger partial charge in [-0.25, -0.2) is 4.39 Å². The highest BCUT2D eigenvalue weighted by Crippen LogP contribution is 2.23. The van der Waals surface area contributed by atoms with Crippen LogP contribution < -0.4 is 5.32 Å². The summed E-state index contributed by atoms with van der Waals surface area (Å²) >= 11 is 5.70. The molecule has 6 nitrogen and oxygen atoms in total. The highest BCUT2D eigenvalue weighted by Gasteiger charge is 2.15. The Kier molecular flexibility index (Phi) is 4.04. The van der Waals surface area contributed by atoms with E-state index in [2.05, 4.69) is 5.32 Å². The number of phenolic OH excluding ortho intramolecular Hbond substituents is 1. The first-order valence-electron chi connectivity index (χ1n) is 5.61. The predicted molar refractivity (Wildman–Crippen MR) is 74.1 cm³/mol. The van der Waals surface area contributed by atoms with Gasteiger partial charge in [0.15, 0.2) is 0 Å². The minimum absolute atomic E-state index is 0.0144. The highest BCUT2D eigenvalue weighted by molar-refractivity contribution is 6.31. The van der Waals surface area contributed by atoms with Crippen LogP contribution in [0.15, 0.2) is 36.4 Å². The number of anilines is 1. The van der Waals surface area contributed by atoms with Crippen LogP contribution in [0.25, 0.3) is 0 Å². The fourth-order valence-corrected chi connectivity index (χ4v) is 1.84. The van der Waals surface area contributed by atoms with Gasteiger partial charge in [0.25, 0.3) is 11.6 Å². The Bertz CT molecular complexity index is 736. The molecule has 0 saturated carbocycles. The lowest BCUT2D eigenvalue weighted by Gasteiger charge is -2.07. The van der Waals surface area contributed by atoms with Gasteiger partial charge in [0.2, 0.25) is 0 Å². The number of nitro groups is 1. The lowest BCUT2D eigenvalue weighted by molar-refractivity contribution is -0.384. The number of phenols is 1. The number of carbonyl (C=O) groups excluding carboxylic acids is 1. The molecule has 0 spiro atoms. The molecule has 2 aromatic rings. The van der Waals surface area contributed by atoms with Crippen LogP contribution in [-0.4, -0.2) is 15.9 Å². The average Bonchev–Trinajstić information content (AvgIpc) is 2.41. The third kappa shape index (κ3) is 3.46. The van der Waals surface area contributed by atoms with Crippen molar-refractivity contribution in [3.8, 4) is 5.75 Å². The van der Waals surface area contributed by atoms with Crippen LogP contribution in [0.2, 0.25) is 5.02 Å². The quantitative estimate of drug-likeness (QED) is 0.516. The molecule has 1 amide bonds. The maximum atomic E-state index is 13.5. The Morgan fingerprint density at radius 2 is 2.00 bits per heavy atom. The SMILES string of the molecule is O=C(Nc1ccc(O)cc1F)c1cc(Cl)cc([N+](=O)[O-])c1. The molecule has 0 aliphatic carbocycles. The minimum atomic E-state index is -0.833. The standard InChI is InChI=1S/C13H8ClFN2O4/c14-8-3-7(4-9(5-8)17(20)21)13(19)16-12-2-1-10(18)6-11(12)15/h1-6,18H,(H,16,19). The first-order valence-corrected chi connectivity index (χ1v) is 5.99. The third-order valence-electron chi connectivity index (χ3n) is 2.56. The van der Waals surface area contributed by atoms with Gasteiger partial charge in [0, 0.05) is 28.8 Å². The Balaban J connectivity index is 2.30. The van der Waals surface area contributed by atoms with Crippen molar-refractivity contribution < 1.29 is 19.2 Å². The number of carbonyl (C=O) groups is 1. The molecule has 0 bridgehead atoms. The second-order valence-corrected chi connectivity index (χ2v) is 4.51. The summed E-state index contributed by atoms with van der Waals surface area (Å²) in [5, 5.41) is 22.0. The van der Waals surface area contributed by atoms with E-state index < -0.39 is 16.6 Å². The molecular formula is C13H8ClFN2O4. The number of hydrogen-bond donors (Lipinski definition) is 2.